The first kappa shape index (κ1) is 24.9. The third-order valence-corrected chi connectivity index (χ3v) is 10.6. The Kier molecular flexibility index (Phi) is 8.15. The topological polar surface area (TPSA) is 40.6 Å². The number of hydrogen-bond donors (Lipinski definition) is 0. The van der Waals surface area contributed by atoms with Crippen LogP contribution in [0.2, 0.25) is 0 Å². The van der Waals surface area contributed by atoms with E-state index in [0.29, 0.717) is 35.5 Å². The van der Waals surface area contributed by atoms with Gasteiger partial charge in [-0.1, -0.05) is 52.4 Å². The molecule has 1 saturated carbocycles. The number of carbonyl (C=O) groups excluding carboxylic acids is 2. The Labute approximate surface area is 208 Å². The van der Waals surface area contributed by atoms with Gasteiger partial charge in [-0.05, 0) is 76.3 Å². The third kappa shape index (κ3) is 5.05. The van der Waals surface area contributed by atoms with Crippen molar-refractivity contribution in [1.29, 1.82) is 0 Å². The van der Waals surface area contributed by atoms with Gasteiger partial charge in [-0.3, -0.25) is 19.4 Å². The van der Waals surface area contributed by atoms with Gasteiger partial charge in [0, 0.05) is 48.8 Å². The van der Waals surface area contributed by atoms with Crippen molar-refractivity contribution in [2.24, 2.45) is 35.5 Å². The average molecular weight is 471 g/mol. The van der Waals surface area contributed by atoms with Crippen molar-refractivity contribution in [1.82, 2.24) is 9.80 Å². The number of nitrogens with zero attached hydrogens (tertiary/aromatic N) is 2. The van der Waals surface area contributed by atoms with E-state index in [0.717, 1.165) is 25.9 Å². The molecule has 0 aromatic rings. The zero-order valence-corrected chi connectivity index (χ0v) is 22.1. The summed E-state index contributed by atoms with van der Waals surface area (Å²) in [5.74, 6) is 3.59. The molecule has 5 rings (SSSR count). The fraction of sp³-hybridized carbons (Fsp3) is 0.933. The Balaban J connectivity index is 1.31. The predicted molar refractivity (Wildman–Crippen MR) is 138 cm³/mol. The van der Waals surface area contributed by atoms with E-state index in [4.69, 9.17) is 0 Å². The van der Waals surface area contributed by atoms with Crippen LogP contribution in [0.4, 0.5) is 0 Å². The first-order valence-corrected chi connectivity index (χ1v) is 15.1. The maximum Gasteiger partial charge on any atom is 0.141 e. The van der Waals surface area contributed by atoms with Crippen molar-refractivity contribution in [2.75, 3.05) is 26.2 Å². The minimum absolute atomic E-state index is 0.224. The molecular formula is C30H50N2O2. The fourth-order valence-electron chi connectivity index (χ4n) is 9.04. The second-order valence-electron chi connectivity index (χ2n) is 12.9. The summed E-state index contributed by atoms with van der Waals surface area (Å²) in [5.41, 5.74) is 0. The van der Waals surface area contributed by atoms with E-state index in [9.17, 15) is 9.59 Å². The molecular weight excluding hydrogens is 420 g/mol. The van der Waals surface area contributed by atoms with Gasteiger partial charge in [-0.2, -0.15) is 0 Å². The summed E-state index contributed by atoms with van der Waals surface area (Å²) in [5, 5.41) is 0. The minimum Gasteiger partial charge on any atom is -0.299 e. The number of carbonyl (C=O) groups is 2. The Morgan fingerprint density at radius 3 is 1.35 bits per heavy atom. The van der Waals surface area contributed by atoms with Crippen molar-refractivity contribution in [2.45, 2.75) is 116 Å². The van der Waals surface area contributed by atoms with E-state index in [1.165, 1.54) is 90.1 Å². The minimum atomic E-state index is 0.224. The number of piperidine rings is 4. The molecule has 0 unspecified atom stereocenters. The summed E-state index contributed by atoms with van der Waals surface area (Å²) >= 11 is 0. The molecule has 0 amide bonds. The summed E-state index contributed by atoms with van der Waals surface area (Å²) in [6, 6.07) is 1.03. The van der Waals surface area contributed by atoms with Gasteiger partial charge >= 0.3 is 0 Å². The maximum atomic E-state index is 13.3. The third-order valence-electron chi connectivity index (χ3n) is 10.6. The molecule has 5 fully saturated rings. The summed E-state index contributed by atoms with van der Waals surface area (Å²) in [6.45, 7) is 8.77. The summed E-state index contributed by atoms with van der Waals surface area (Å²) in [7, 11) is 0. The van der Waals surface area contributed by atoms with Gasteiger partial charge in [0.2, 0.25) is 0 Å². The van der Waals surface area contributed by atoms with Crippen LogP contribution in [-0.2, 0) is 9.59 Å². The van der Waals surface area contributed by atoms with Crippen LogP contribution in [0.3, 0.4) is 0 Å². The van der Waals surface area contributed by atoms with Gasteiger partial charge in [-0.25, -0.2) is 0 Å². The second-order valence-corrected chi connectivity index (χ2v) is 12.9. The summed E-state index contributed by atoms with van der Waals surface area (Å²) in [4.78, 5) is 32.1. The van der Waals surface area contributed by atoms with Crippen LogP contribution < -0.4 is 0 Å². The molecule has 192 valence electrons. The van der Waals surface area contributed by atoms with Crippen molar-refractivity contribution >= 4 is 11.6 Å². The van der Waals surface area contributed by atoms with Crippen LogP contribution in [-0.4, -0.2) is 59.6 Å². The van der Waals surface area contributed by atoms with E-state index in [-0.39, 0.29) is 23.7 Å². The molecule has 34 heavy (non-hydrogen) atoms. The van der Waals surface area contributed by atoms with Crippen LogP contribution >= 0.6 is 0 Å². The molecule has 1 aliphatic carbocycles. The van der Waals surface area contributed by atoms with E-state index in [1.807, 2.05) is 0 Å². The highest BCUT2D eigenvalue weighted by Gasteiger charge is 2.46. The van der Waals surface area contributed by atoms with Gasteiger partial charge in [0.05, 0.1) is 0 Å². The van der Waals surface area contributed by atoms with E-state index in [2.05, 4.69) is 23.6 Å². The van der Waals surface area contributed by atoms with E-state index >= 15 is 0 Å². The molecule has 4 heterocycles. The number of rotatable bonds is 0. The van der Waals surface area contributed by atoms with Crippen LogP contribution in [0.15, 0.2) is 0 Å². The molecule has 0 N–H and O–H groups in total. The van der Waals surface area contributed by atoms with Crippen molar-refractivity contribution < 1.29 is 9.59 Å². The van der Waals surface area contributed by atoms with Gasteiger partial charge in [0.25, 0.3) is 0 Å². The van der Waals surface area contributed by atoms with Crippen molar-refractivity contribution in [3.63, 3.8) is 0 Å². The summed E-state index contributed by atoms with van der Waals surface area (Å²) < 4.78 is 0. The molecule has 4 aliphatic heterocycles. The number of Topliss-reactive ketones (excluding diaryl/α,β-unsaturated/α-hetero) is 2. The van der Waals surface area contributed by atoms with Gasteiger partial charge in [-0.15, -0.1) is 0 Å². The number of ketones is 2. The largest absolute Gasteiger partial charge is 0.299 e. The lowest BCUT2D eigenvalue weighted by Crippen LogP contribution is -2.58. The zero-order valence-electron chi connectivity index (χ0n) is 22.1. The molecule has 0 radical (unpaired) electrons. The molecule has 4 saturated heterocycles. The van der Waals surface area contributed by atoms with Crippen LogP contribution in [0, 0.1) is 35.5 Å². The molecule has 0 aromatic heterocycles. The number of hydrogen-bond acceptors (Lipinski definition) is 4. The van der Waals surface area contributed by atoms with Crippen LogP contribution in [0.25, 0.3) is 0 Å². The molecule has 5 aliphatic rings. The zero-order chi connectivity index (χ0) is 23.7. The van der Waals surface area contributed by atoms with Gasteiger partial charge in [0.15, 0.2) is 0 Å². The maximum absolute atomic E-state index is 13.3. The van der Waals surface area contributed by atoms with E-state index in [1.54, 1.807) is 0 Å². The molecule has 4 nitrogen and oxygen atoms in total. The Bertz CT molecular complexity index is 663. The average Bonchev–Trinajstić information content (AvgIpc) is 2.82. The highest BCUT2D eigenvalue weighted by atomic mass is 16.1. The fourth-order valence-corrected chi connectivity index (χ4v) is 9.04. The van der Waals surface area contributed by atoms with E-state index < -0.39 is 0 Å². The lowest BCUT2D eigenvalue weighted by atomic mass is 9.69. The lowest BCUT2D eigenvalue weighted by Gasteiger charge is -2.50. The quantitative estimate of drug-likeness (QED) is 0.453. The lowest BCUT2D eigenvalue weighted by molar-refractivity contribution is -0.138. The van der Waals surface area contributed by atoms with Crippen LogP contribution in [0.5, 0.6) is 0 Å². The Morgan fingerprint density at radius 2 is 0.912 bits per heavy atom. The summed E-state index contributed by atoms with van der Waals surface area (Å²) in [6.07, 6.45) is 17.5. The van der Waals surface area contributed by atoms with Crippen molar-refractivity contribution in [3.05, 3.63) is 0 Å². The Morgan fingerprint density at radius 1 is 0.529 bits per heavy atom. The first-order chi connectivity index (χ1) is 16.5. The van der Waals surface area contributed by atoms with Gasteiger partial charge < -0.3 is 0 Å². The van der Waals surface area contributed by atoms with Crippen molar-refractivity contribution in [3.8, 4) is 0 Å². The Hall–Kier alpha value is -0.740. The SMILES string of the molecule is C[C@@H]1CN2CCC[C@@H]3CCCCC[C@H]4C(=O)[C@H](C)CN5CCC[C@H](CCCCC[C@@H](C1=O)[C@H]32)[C@@H]45. The predicted octanol–water partition coefficient (Wildman–Crippen LogP) is 5.73. The molecule has 0 spiro atoms. The van der Waals surface area contributed by atoms with Crippen LogP contribution in [0.1, 0.15) is 104 Å². The highest BCUT2D eigenvalue weighted by Crippen LogP contribution is 2.42. The molecule has 0 aromatic carbocycles. The van der Waals surface area contributed by atoms with Gasteiger partial charge in [0.1, 0.15) is 11.6 Å². The molecule has 0 bridgehead atoms. The normalized spacial score (nSPS) is 43.7. The molecule has 4 heteroatoms. The highest BCUT2D eigenvalue weighted by molar-refractivity contribution is 5.85. The molecule has 8 atom stereocenters. The first-order valence-electron chi connectivity index (χ1n) is 15.1. The monoisotopic (exact) mass is 470 g/mol. The standard InChI is InChI=1S/C30H50N2O2/c1-21-19-31-17-9-13-23-11-6-4-8-16-26-28-24(14-10-18-32(28)20-22(2)30(26)34)12-5-3-7-15-25(27(23)31)29(21)33/h21-28H,3-20H2,1-2H3/t21-,22-,23+,24+,25-,26-,27+,28+/m1/s1. The smallest absolute Gasteiger partial charge is 0.141 e. The second kappa shape index (κ2) is 11.1.